The van der Waals surface area contributed by atoms with E-state index in [2.05, 4.69) is 26.7 Å². The van der Waals surface area contributed by atoms with Crippen LogP contribution in [0.15, 0.2) is 54.6 Å². The number of carbonyl (C=O) groups excluding carboxylic acids is 1. The van der Waals surface area contributed by atoms with Crippen LogP contribution in [0, 0.1) is 6.92 Å². The van der Waals surface area contributed by atoms with Crippen LogP contribution in [-0.2, 0) is 6.42 Å². The number of carbonyl (C=O) groups is 1. The molecule has 2 aromatic carbocycles. The molecule has 0 atom stereocenters. The van der Waals surface area contributed by atoms with Gasteiger partial charge >= 0.3 is 0 Å². The topological polar surface area (TPSA) is 66.9 Å². The van der Waals surface area contributed by atoms with Gasteiger partial charge in [0.15, 0.2) is 5.78 Å². The van der Waals surface area contributed by atoms with Gasteiger partial charge in [0, 0.05) is 34.6 Å². The largest absolute Gasteiger partial charge is 0.370 e. The van der Waals surface area contributed by atoms with E-state index in [1.54, 1.807) is 19.1 Å². The Morgan fingerprint density at radius 3 is 2.56 bits per heavy atom. The minimum absolute atomic E-state index is 0.0412. The number of Topliss-reactive ketones (excluding diaryl/α,β-unsaturated/α-hetero) is 1. The van der Waals surface area contributed by atoms with Gasteiger partial charge in [0.2, 0.25) is 5.95 Å². The Balaban J connectivity index is 1.64. The number of benzene rings is 2. The zero-order chi connectivity index (χ0) is 19.2. The smallest absolute Gasteiger partial charge is 0.229 e. The van der Waals surface area contributed by atoms with Gasteiger partial charge in [0.05, 0.1) is 0 Å². The molecule has 0 saturated heterocycles. The molecule has 2 N–H and O–H groups in total. The molecule has 0 unspecified atom stereocenters. The first-order chi connectivity index (χ1) is 13.0. The molecule has 5 nitrogen and oxygen atoms in total. The Bertz CT molecular complexity index is 941. The van der Waals surface area contributed by atoms with E-state index in [1.165, 1.54) is 5.56 Å². The first-order valence-electron chi connectivity index (χ1n) is 8.71. The highest BCUT2D eigenvalue weighted by atomic mass is 35.5. The molecule has 1 aromatic heterocycles. The van der Waals surface area contributed by atoms with Crippen molar-refractivity contribution < 1.29 is 4.79 Å². The van der Waals surface area contributed by atoms with E-state index in [-0.39, 0.29) is 5.78 Å². The second-order valence-electron chi connectivity index (χ2n) is 6.28. The third-order valence-corrected chi connectivity index (χ3v) is 4.25. The van der Waals surface area contributed by atoms with Crippen LogP contribution in [0.5, 0.6) is 0 Å². The number of aromatic nitrogens is 2. The summed E-state index contributed by atoms with van der Waals surface area (Å²) in [7, 11) is 0. The van der Waals surface area contributed by atoms with Crippen LogP contribution in [0.25, 0.3) is 0 Å². The third-order valence-electron chi connectivity index (χ3n) is 4.01. The molecule has 27 heavy (non-hydrogen) atoms. The number of anilines is 3. The van der Waals surface area contributed by atoms with Gasteiger partial charge in [-0.25, -0.2) is 4.98 Å². The molecule has 0 aliphatic heterocycles. The van der Waals surface area contributed by atoms with Crippen LogP contribution >= 0.6 is 11.6 Å². The second kappa shape index (κ2) is 8.64. The number of hydrogen-bond donors (Lipinski definition) is 2. The first kappa shape index (κ1) is 18.9. The van der Waals surface area contributed by atoms with Crippen LogP contribution in [0.4, 0.5) is 17.5 Å². The molecular weight excluding hydrogens is 360 g/mol. The standard InChI is InChI=1S/C21H21ClN4O/c1-14-12-20(23-11-10-16-4-3-5-18(22)13-16)26-21(24-14)25-19-8-6-17(7-9-19)15(2)27/h3-9,12-13H,10-11H2,1-2H3,(H2,23,24,25,26). The zero-order valence-corrected chi connectivity index (χ0v) is 16.0. The van der Waals surface area contributed by atoms with E-state index >= 15 is 0 Å². The number of aryl methyl sites for hydroxylation is 1. The fraction of sp³-hybridized carbons (Fsp3) is 0.190. The van der Waals surface area contributed by atoms with Crippen molar-refractivity contribution in [2.24, 2.45) is 0 Å². The predicted molar refractivity (Wildman–Crippen MR) is 110 cm³/mol. The summed E-state index contributed by atoms with van der Waals surface area (Å²) < 4.78 is 0. The van der Waals surface area contributed by atoms with E-state index < -0.39 is 0 Å². The first-order valence-corrected chi connectivity index (χ1v) is 9.09. The van der Waals surface area contributed by atoms with Crippen LogP contribution in [0.2, 0.25) is 5.02 Å². The van der Waals surface area contributed by atoms with Crippen molar-refractivity contribution in [2.45, 2.75) is 20.3 Å². The van der Waals surface area contributed by atoms with Crippen molar-refractivity contribution in [3.8, 4) is 0 Å². The maximum atomic E-state index is 11.4. The number of ketones is 1. The lowest BCUT2D eigenvalue weighted by molar-refractivity contribution is 0.101. The Morgan fingerprint density at radius 1 is 1.07 bits per heavy atom. The monoisotopic (exact) mass is 380 g/mol. The molecule has 3 aromatic rings. The van der Waals surface area contributed by atoms with E-state index in [9.17, 15) is 4.79 Å². The Labute approximate surface area is 163 Å². The quantitative estimate of drug-likeness (QED) is 0.562. The Kier molecular flexibility index (Phi) is 6.04. The fourth-order valence-corrected chi connectivity index (χ4v) is 2.87. The van der Waals surface area contributed by atoms with Gasteiger partial charge in [-0.05, 0) is 62.2 Å². The highest BCUT2D eigenvalue weighted by Crippen LogP contribution is 2.17. The Hall–Kier alpha value is -2.92. The molecule has 3 rings (SSSR count). The van der Waals surface area contributed by atoms with Gasteiger partial charge < -0.3 is 10.6 Å². The lowest BCUT2D eigenvalue weighted by atomic mass is 10.1. The zero-order valence-electron chi connectivity index (χ0n) is 15.3. The van der Waals surface area contributed by atoms with Crippen LogP contribution < -0.4 is 10.6 Å². The minimum atomic E-state index is 0.0412. The second-order valence-corrected chi connectivity index (χ2v) is 6.72. The van der Waals surface area contributed by atoms with Crippen LogP contribution in [0.3, 0.4) is 0 Å². The fourth-order valence-electron chi connectivity index (χ4n) is 2.66. The maximum Gasteiger partial charge on any atom is 0.229 e. The number of rotatable bonds is 7. The van der Waals surface area contributed by atoms with Gasteiger partial charge in [-0.2, -0.15) is 4.98 Å². The molecule has 0 spiro atoms. The molecule has 0 bridgehead atoms. The van der Waals surface area contributed by atoms with Crippen molar-refractivity contribution >= 4 is 34.8 Å². The molecule has 0 fully saturated rings. The van der Waals surface area contributed by atoms with Crippen LogP contribution in [0.1, 0.15) is 28.5 Å². The molecule has 1 heterocycles. The molecule has 0 aliphatic carbocycles. The highest BCUT2D eigenvalue weighted by molar-refractivity contribution is 6.30. The van der Waals surface area contributed by atoms with E-state index in [0.717, 1.165) is 35.2 Å². The van der Waals surface area contributed by atoms with Crippen molar-refractivity contribution in [3.63, 3.8) is 0 Å². The molecule has 0 saturated carbocycles. The third kappa shape index (κ3) is 5.53. The summed E-state index contributed by atoms with van der Waals surface area (Å²) in [6.45, 7) is 4.21. The van der Waals surface area contributed by atoms with Gasteiger partial charge in [-0.15, -0.1) is 0 Å². The minimum Gasteiger partial charge on any atom is -0.370 e. The summed E-state index contributed by atoms with van der Waals surface area (Å²) in [5, 5.41) is 7.24. The molecule has 6 heteroatoms. The number of nitrogens with one attached hydrogen (secondary N) is 2. The van der Waals surface area contributed by atoms with E-state index in [0.29, 0.717) is 11.5 Å². The summed E-state index contributed by atoms with van der Waals surface area (Å²) in [4.78, 5) is 20.3. The van der Waals surface area contributed by atoms with Crippen molar-refractivity contribution in [2.75, 3.05) is 17.2 Å². The maximum absolute atomic E-state index is 11.4. The number of nitrogens with zero attached hydrogens (tertiary/aromatic N) is 2. The molecule has 0 radical (unpaired) electrons. The number of hydrogen-bond acceptors (Lipinski definition) is 5. The van der Waals surface area contributed by atoms with Crippen molar-refractivity contribution in [1.82, 2.24) is 9.97 Å². The summed E-state index contributed by atoms with van der Waals surface area (Å²) in [6.07, 6.45) is 0.846. The molecule has 138 valence electrons. The van der Waals surface area contributed by atoms with Gasteiger partial charge in [0.25, 0.3) is 0 Å². The van der Waals surface area contributed by atoms with Gasteiger partial charge in [-0.1, -0.05) is 23.7 Å². The van der Waals surface area contributed by atoms with E-state index in [1.807, 2.05) is 43.3 Å². The van der Waals surface area contributed by atoms with Crippen LogP contribution in [-0.4, -0.2) is 22.3 Å². The Morgan fingerprint density at radius 2 is 1.85 bits per heavy atom. The lowest BCUT2D eigenvalue weighted by Crippen LogP contribution is -2.08. The summed E-state index contributed by atoms with van der Waals surface area (Å²) >= 11 is 6.02. The average molecular weight is 381 g/mol. The normalized spacial score (nSPS) is 10.5. The average Bonchev–Trinajstić information content (AvgIpc) is 2.62. The molecular formula is C21H21ClN4O. The van der Waals surface area contributed by atoms with Crippen molar-refractivity contribution in [3.05, 3.63) is 76.4 Å². The number of halogens is 1. The summed E-state index contributed by atoms with van der Waals surface area (Å²) in [5.41, 5.74) is 3.53. The highest BCUT2D eigenvalue weighted by Gasteiger charge is 2.04. The van der Waals surface area contributed by atoms with Crippen molar-refractivity contribution in [1.29, 1.82) is 0 Å². The van der Waals surface area contributed by atoms with Gasteiger partial charge in [-0.3, -0.25) is 4.79 Å². The summed E-state index contributed by atoms with van der Waals surface area (Å²) in [5.74, 6) is 1.31. The van der Waals surface area contributed by atoms with E-state index in [4.69, 9.17) is 11.6 Å². The molecule has 0 amide bonds. The van der Waals surface area contributed by atoms with Gasteiger partial charge in [0.1, 0.15) is 5.82 Å². The summed E-state index contributed by atoms with van der Waals surface area (Å²) in [6, 6.07) is 17.0. The SMILES string of the molecule is CC(=O)c1ccc(Nc2nc(C)cc(NCCc3cccc(Cl)c3)n2)cc1. The lowest BCUT2D eigenvalue weighted by Gasteiger charge is -2.10. The predicted octanol–water partition coefficient (Wildman–Crippen LogP) is 5.04. The molecule has 0 aliphatic rings.